The Morgan fingerprint density at radius 3 is 2.73 bits per heavy atom. The predicted octanol–water partition coefficient (Wildman–Crippen LogP) is 2.59. The second kappa shape index (κ2) is 6.40. The fourth-order valence-electron chi connectivity index (χ4n) is 1.41. The summed E-state index contributed by atoms with van der Waals surface area (Å²) in [5.74, 6) is 0.0257. The van der Waals surface area contributed by atoms with Crippen molar-refractivity contribution in [1.82, 2.24) is 5.32 Å². The van der Waals surface area contributed by atoms with Gasteiger partial charge in [0.2, 0.25) is 0 Å². The number of ether oxygens (including phenoxy) is 1. The summed E-state index contributed by atoms with van der Waals surface area (Å²) in [6.45, 7) is 2.62. The predicted molar refractivity (Wildman–Crippen MR) is 59.7 cm³/mol. The molecule has 0 aromatic heterocycles. The Morgan fingerprint density at radius 1 is 1.40 bits per heavy atom. The molecule has 1 atom stereocenters. The van der Waals surface area contributed by atoms with Crippen molar-refractivity contribution in [3.63, 3.8) is 0 Å². The van der Waals surface area contributed by atoms with Crippen molar-refractivity contribution in [3.05, 3.63) is 30.1 Å². The molecule has 1 unspecified atom stereocenters. The van der Waals surface area contributed by atoms with Crippen molar-refractivity contribution in [2.75, 3.05) is 13.7 Å². The van der Waals surface area contributed by atoms with E-state index in [4.69, 9.17) is 4.74 Å². The molecule has 1 N–H and O–H groups in total. The van der Waals surface area contributed by atoms with Gasteiger partial charge in [-0.15, -0.1) is 0 Å². The summed E-state index contributed by atoms with van der Waals surface area (Å²) in [6.07, 6.45) is 2.12. The van der Waals surface area contributed by atoms with Crippen LogP contribution in [0.1, 0.15) is 19.8 Å². The second-order valence-corrected chi connectivity index (χ2v) is 3.52. The van der Waals surface area contributed by atoms with Crippen molar-refractivity contribution >= 4 is 0 Å². The molecule has 0 aliphatic heterocycles. The smallest absolute Gasteiger partial charge is 0.165 e. The van der Waals surface area contributed by atoms with E-state index in [0.29, 0.717) is 12.4 Å². The molecule has 0 radical (unpaired) electrons. The van der Waals surface area contributed by atoms with Gasteiger partial charge in [-0.05, 0) is 25.6 Å². The molecule has 0 aliphatic rings. The minimum absolute atomic E-state index is 0.287. The fraction of sp³-hybridized carbons (Fsp3) is 0.500. The van der Waals surface area contributed by atoms with Gasteiger partial charge in [0.05, 0.1) is 0 Å². The summed E-state index contributed by atoms with van der Waals surface area (Å²) in [4.78, 5) is 0. The highest BCUT2D eigenvalue weighted by atomic mass is 19.1. The van der Waals surface area contributed by atoms with Gasteiger partial charge in [-0.1, -0.05) is 25.5 Å². The molecule has 15 heavy (non-hydrogen) atoms. The van der Waals surface area contributed by atoms with Gasteiger partial charge in [-0.2, -0.15) is 0 Å². The summed E-state index contributed by atoms with van der Waals surface area (Å²) < 4.78 is 18.6. The second-order valence-electron chi connectivity index (χ2n) is 3.52. The fourth-order valence-corrected chi connectivity index (χ4v) is 1.41. The van der Waals surface area contributed by atoms with E-state index in [1.54, 1.807) is 18.2 Å². The van der Waals surface area contributed by atoms with E-state index in [2.05, 4.69) is 12.2 Å². The van der Waals surface area contributed by atoms with Crippen LogP contribution >= 0.6 is 0 Å². The van der Waals surface area contributed by atoms with E-state index in [0.717, 1.165) is 12.8 Å². The van der Waals surface area contributed by atoms with Gasteiger partial charge in [0.25, 0.3) is 0 Å². The molecule has 0 saturated carbocycles. The number of hydrogen-bond donors (Lipinski definition) is 1. The summed E-state index contributed by atoms with van der Waals surface area (Å²) in [5, 5.41) is 3.15. The van der Waals surface area contributed by atoms with Crippen molar-refractivity contribution in [2.24, 2.45) is 0 Å². The highest BCUT2D eigenvalue weighted by molar-refractivity contribution is 5.23. The van der Waals surface area contributed by atoms with Crippen LogP contribution in [0, 0.1) is 5.82 Å². The lowest BCUT2D eigenvalue weighted by Crippen LogP contribution is -2.31. The Morgan fingerprint density at radius 2 is 2.13 bits per heavy atom. The van der Waals surface area contributed by atoms with Crippen LogP contribution in [0.5, 0.6) is 5.75 Å². The lowest BCUT2D eigenvalue weighted by atomic mass is 10.2. The molecular weight excluding hydrogens is 193 g/mol. The molecule has 1 rings (SSSR count). The first-order chi connectivity index (χ1) is 7.27. The minimum atomic E-state index is -0.302. The molecular formula is C12H18FNO. The number of hydrogen-bond acceptors (Lipinski definition) is 2. The summed E-state index contributed by atoms with van der Waals surface area (Å²) in [5.41, 5.74) is 0. The number of para-hydroxylation sites is 1. The summed E-state index contributed by atoms with van der Waals surface area (Å²) >= 11 is 0. The van der Waals surface area contributed by atoms with Gasteiger partial charge >= 0.3 is 0 Å². The first kappa shape index (κ1) is 12.0. The summed E-state index contributed by atoms with van der Waals surface area (Å²) in [7, 11) is 1.89. The van der Waals surface area contributed by atoms with Crippen LogP contribution in [0.15, 0.2) is 24.3 Å². The monoisotopic (exact) mass is 211 g/mol. The third-order valence-electron chi connectivity index (χ3n) is 2.32. The first-order valence-corrected chi connectivity index (χ1v) is 5.32. The largest absolute Gasteiger partial charge is 0.489 e. The third-order valence-corrected chi connectivity index (χ3v) is 2.32. The third kappa shape index (κ3) is 3.88. The first-order valence-electron chi connectivity index (χ1n) is 5.32. The summed E-state index contributed by atoms with van der Waals surface area (Å²) in [6, 6.07) is 6.77. The maximum absolute atomic E-state index is 13.2. The molecule has 0 spiro atoms. The number of likely N-dealkylation sites (N-methyl/N-ethyl adjacent to an activating group) is 1. The Labute approximate surface area is 90.4 Å². The molecule has 1 aromatic carbocycles. The quantitative estimate of drug-likeness (QED) is 0.781. The molecule has 0 saturated heterocycles. The topological polar surface area (TPSA) is 21.3 Å². The number of nitrogens with one attached hydrogen (secondary N) is 1. The standard InChI is InChI=1S/C12H18FNO/c1-3-6-10(14-2)9-15-12-8-5-4-7-11(12)13/h4-5,7-8,10,14H,3,6,9H2,1-2H3. The van der Waals surface area contributed by atoms with Crippen molar-refractivity contribution in [1.29, 1.82) is 0 Å². The van der Waals surface area contributed by atoms with E-state index >= 15 is 0 Å². The van der Waals surface area contributed by atoms with Crippen LogP contribution in [0.2, 0.25) is 0 Å². The molecule has 3 heteroatoms. The molecule has 84 valence electrons. The lowest BCUT2D eigenvalue weighted by Gasteiger charge is -2.16. The number of benzene rings is 1. The zero-order chi connectivity index (χ0) is 11.1. The van der Waals surface area contributed by atoms with Crippen LogP contribution in [0.4, 0.5) is 4.39 Å². The molecule has 0 fully saturated rings. The zero-order valence-electron chi connectivity index (χ0n) is 9.29. The number of halogens is 1. The van der Waals surface area contributed by atoms with Crippen molar-refractivity contribution in [3.8, 4) is 5.75 Å². The van der Waals surface area contributed by atoms with E-state index < -0.39 is 0 Å². The maximum Gasteiger partial charge on any atom is 0.165 e. The van der Waals surface area contributed by atoms with E-state index in [1.807, 2.05) is 7.05 Å². The Bertz CT molecular complexity index is 291. The normalized spacial score (nSPS) is 12.5. The van der Waals surface area contributed by atoms with E-state index in [-0.39, 0.29) is 11.9 Å². The Kier molecular flexibility index (Phi) is 5.12. The zero-order valence-corrected chi connectivity index (χ0v) is 9.29. The SMILES string of the molecule is CCCC(COc1ccccc1F)NC. The van der Waals surface area contributed by atoms with Gasteiger partial charge in [0, 0.05) is 6.04 Å². The van der Waals surface area contributed by atoms with Crippen LogP contribution in [-0.2, 0) is 0 Å². The maximum atomic E-state index is 13.2. The lowest BCUT2D eigenvalue weighted by molar-refractivity contribution is 0.252. The van der Waals surface area contributed by atoms with E-state index in [9.17, 15) is 4.39 Å². The van der Waals surface area contributed by atoms with Gasteiger partial charge in [-0.25, -0.2) is 4.39 Å². The average Bonchev–Trinajstić information content (AvgIpc) is 2.26. The highest BCUT2D eigenvalue weighted by Gasteiger charge is 2.07. The molecule has 0 bridgehead atoms. The molecule has 1 aromatic rings. The van der Waals surface area contributed by atoms with Crippen LogP contribution in [0.25, 0.3) is 0 Å². The van der Waals surface area contributed by atoms with Crippen LogP contribution in [0.3, 0.4) is 0 Å². The van der Waals surface area contributed by atoms with Crippen LogP contribution in [-0.4, -0.2) is 19.7 Å². The van der Waals surface area contributed by atoms with Crippen LogP contribution < -0.4 is 10.1 Å². The molecule has 0 heterocycles. The highest BCUT2D eigenvalue weighted by Crippen LogP contribution is 2.15. The van der Waals surface area contributed by atoms with Crippen molar-refractivity contribution < 1.29 is 9.13 Å². The van der Waals surface area contributed by atoms with Gasteiger partial charge < -0.3 is 10.1 Å². The number of rotatable bonds is 6. The molecule has 0 aliphatic carbocycles. The average molecular weight is 211 g/mol. The molecule has 2 nitrogen and oxygen atoms in total. The Balaban J connectivity index is 2.45. The minimum Gasteiger partial charge on any atom is -0.489 e. The Hall–Kier alpha value is -1.09. The van der Waals surface area contributed by atoms with Gasteiger partial charge in [0.15, 0.2) is 11.6 Å². The van der Waals surface area contributed by atoms with E-state index in [1.165, 1.54) is 6.07 Å². The molecule has 0 amide bonds. The van der Waals surface area contributed by atoms with Gasteiger partial charge in [-0.3, -0.25) is 0 Å². The van der Waals surface area contributed by atoms with Crippen molar-refractivity contribution in [2.45, 2.75) is 25.8 Å². The van der Waals surface area contributed by atoms with Gasteiger partial charge in [0.1, 0.15) is 6.61 Å².